The molecule has 1 fully saturated rings. The van der Waals surface area contributed by atoms with Crippen molar-refractivity contribution in [3.05, 3.63) is 30.2 Å². The van der Waals surface area contributed by atoms with E-state index in [2.05, 4.69) is 20.0 Å². The fraction of sp³-hybridized carbons (Fsp3) is 0.385. The summed E-state index contributed by atoms with van der Waals surface area (Å²) in [7, 11) is 0. The van der Waals surface area contributed by atoms with Crippen molar-refractivity contribution < 1.29 is 22.4 Å². The SMILES string of the molecule is Cl.FC(F)(F)c1nc(-c2cccc(OC3CCNC3)c2)no1. The second-order valence-electron chi connectivity index (χ2n) is 4.68. The molecule has 120 valence electrons. The number of aromatic nitrogens is 2. The molecule has 1 aromatic heterocycles. The minimum absolute atomic E-state index is 0. The number of hydrogen-bond acceptors (Lipinski definition) is 5. The van der Waals surface area contributed by atoms with Gasteiger partial charge in [-0.3, -0.25) is 0 Å². The third kappa shape index (κ3) is 3.69. The van der Waals surface area contributed by atoms with E-state index < -0.39 is 12.1 Å². The van der Waals surface area contributed by atoms with E-state index in [-0.39, 0.29) is 24.3 Å². The molecule has 1 unspecified atom stereocenters. The third-order valence-corrected chi connectivity index (χ3v) is 3.08. The third-order valence-electron chi connectivity index (χ3n) is 3.08. The van der Waals surface area contributed by atoms with E-state index >= 15 is 0 Å². The van der Waals surface area contributed by atoms with E-state index in [4.69, 9.17) is 4.74 Å². The average Bonchev–Trinajstić information content (AvgIpc) is 3.09. The molecule has 1 aromatic carbocycles. The van der Waals surface area contributed by atoms with E-state index in [1.54, 1.807) is 24.3 Å². The Morgan fingerprint density at radius 1 is 1.32 bits per heavy atom. The lowest BCUT2D eigenvalue weighted by molar-refractivity contribution is -0.159. The monoisotopic (exact) mass is 335 g/mol. The van der Waals surface area contributed by atoms with Crippen LogP contribution >= 0.6 is 12.4 Å². The lowest BCUT2D eigenvalue weighted by atomic mass is 10.2. The van der Waals surface area contributed by atoms with E-state index in [1.807, 2.05) is 0 Å². The first-order valence-electron chi connectivity index (χ1n) is 6.41. The van der Waals surface area contributed by atoms with Crippen molar-refractivity contribution in [1.82, 2.24) is 15.5 Å². The highest BCUT2D eigenvalue weighted by atomic mass is 35.5. The highest BCUT2D eigenvalue weighted by Gasteiger charge is 2.38. The highest BCUT2D eigenvalue weighted by molar-refractivity contribution is 5.85. The molecule has 0 saturated carbocycles. The lowest BCUT2D eigenvalue weighted by Crippen LogP contribution is -2.19. The van der Waals surface area contributed by atoms with Crippen molar-refractivity contribution in [1.29, 1.82) is 0 Å². The van der Waals surface area contributed by atoms with Crippen LogP contribution in [0.4, 0.5) is 13.2 Å². The molecular weight excluding hydrogens is 323 g/mol. The van der Waals surface area contributed by atoms with Crippen LogP contribution in [0.1, 0.15) is 12.3 Å². The zero-order valence-corrected chi connectivity index (χ0v) is 12.1. The standard InChI is InChI=1S/C13H12F3N3O2.ClH/c14-13(15,16)12-18-11(19-21-12)8-2-1-3-9(6-8)20-10-4-5-17-7-10;/h1-3,6,10,17H,4-5,7H2;1H. The number of hydrogen-bond donors (Lipinski definition) is 1. The summed E-state index contributed by atoms with van der Waals surface area (Å²) in [6.07, 6.45) is -3.68. The van der Waals surface area contributed by atoms with E-state index in [0.717, 1.165) is 19.5 Å². The van der Waals surface area contributed by atoms with E-state index in [0.29, 0.717) is 11.3 Å². The zero-order valence-electron chi connectivity index (χ0n) is 11.3. The van der Waals surface area contributed by atoms with Gasteiger partial charge in [0.2, 0.25) is 5.82 Å². The summed E-state index contributed by atoms with van der Waals surface area (Å²) in [4.78, 5) is 3.35. The molecule has 1 aliphatic rings. The maximum absolute atomic E-state index is 12.4. The first-order valence-corrected chi connectivity index (χ1v) is 6.41. The van der Waals surface area contributed by atoms with E-state index in [1.165, 1.54) is 0 Å². The first-order chi connectivity index (χ1) is 10.0. The summed E-state index contributed by atoms with van der Waals surface area (Å²) in [5.74, 6) is -0.902. The minimum Gasteiger partial charge on any atom is -0.489 e. The van der Waals surface area contributed by atoms with Crippen LogP contribution in [-0.4, -0.2) is 29.3 Å². The minimum atomic E-state index is -4.64. The predicted octanol–water partition coefficient (Wildman–Crippen LogP) is 2.92. The second kappa shape index (κ2) is 6.53. The summed E-state index contributed by atoms with van der Waals surface area (Å²) >= 11 is 0. The van der Waals surface area contributed by atoms with Crippen LogP contribution in [0.5, 0.6) is 5.75 Å². The maximum atomic E-state index is 12.4. The second-order valence-corrected chi connectivity index (χ2v) is 4.68. The van der Waals surface area contributed by atoms with Gasteiger partial charge in [-0.15, -0.1) is 12.4 Å². The Labute approximate surface area is 130 Å². The molecule has 1 N–H and O–H groups in total. The van der Waals surface area contributed by atoms with Crippen LogP contribution in [0.25, 0.3) is 11.4 Å². The number of rotatable bonds is 3. The number of nitrogens with one attached hydrogen (secondary N) is 1. The molecule has 0 aliphatic carbocycles. The zero-order chi connectivity index (χ0) is 14.9. The summed E-state index contributed by atoms with van der Waals surface area (Å²) in [5, 5.41) is 6.52. The molecule has 1 atom stereocenters. The van der Waals surface area contributed by atoms with Crippen molar-refractivity contribution in [2.24, 2.45) is 0 Å². The maximum Gasteiger partial charge on any atom is 0.471 e. The number of halogens is 4. The van der Waals surface area contributed by atoms with Crippen LogP contribution in [0, 0.1) is 0 Å². The van der Waals surface area contributed by atoms with Crippen LogP contribution in [0.2, 0.25) is 0 Å². The Hall–Kier alpha value is -1.80. The van der Waals surface area contributed by atoms with Gasteiger partial charge in [-0.25, -0.2) is 0 Å². The van der Waals surface area contributed by atoms with Crippen LogP contribution in [0.15, 0.2) is 28.8 Å². The molecule has 2 aromatic rings. The van der Waals surface area contributed by atoms with Gasteiger partial charge in [0.15, 0.2) is 0 Å². The topological polar surface area (TPSA) is 60.2 Å². The normalized spacial score (nSPS) is 18.0. The molecule has 1 saturated heterocycles. The largest absolute Gasteiger partial charge is 0.489 e. The van der Waals surface area contributed by atoms with Crippen LogP contribution in [-0.2, 0) is 6.18 Å². The Kier molecular flexibility index (Phi) is 4.92. The predicted molar refractivity (Wildman–Crippen MR) is 73.9 cm³/mol. The first kappa shape index (κ1) is 16.6. The van der Waals surface area contributed by atoms with Gasteiger partial charge in [0.1, 0.15) is 11.9 Å². The number of alkyl halides is 3. The smallest absolute Gasteiger partial charge is 0.471 e. The van der Waals surface area contributed by atoms with Crippen molar-refractivity contribution >= 4 is 12.4 Å². The summed E-state index contributed by atoms with van der Waals surface area (Å²) in [5.41, 5.74) is 0.415. The summed E-state index contributed by atoms with van der Waals surface area (Å²) in [6, 6.07) is 6.62. The fourth-order valence-electron chi connectivity index (χ4n) is 2.09. The molecule has 9 heteroatoms. The Balaban J connectivity index is 0.00000176. The number of nitrogens with zero attached hydrogens (tertiary/aromatic N) is 2. The molecule has 2 heterocycles. The molecule has 5 nitrogen and oxygen atoms in total. The quantitative estimate of drug-likeness (QED) is 0.934. The van der Waals surface area contributed by atoms with Gasteiger partial charge in [-0.1, -0.05) is 17.3 Å². The summed E-state index contributed by atoms with van der Waals surface area (Å²) < 4.78 is 47.3. The lowest BCUT2D eigenvalue weighted by Gasteiger charge is -2.12. The van der Waals surface area contributed by atoms with E-state index in [9.17, 15) is 13.2 Å². The van der Waals surface area contributed by atoms with Crippen molar-refractivity contribution in [3.8, 4) is 17.1 Å². The number of benzene rings is 1. The Bertz CT molecular complexity index is 627. The van der Waals surface area contributed by atoms with Gasteiger partial charge in [0.25, 0.3) is 0 Å². The Morgan fingerprint density at radius 3 is 2.77 bits per heavy atom. The van der Waals surface area contributed by atoms with Gasteiger partial charge < -0.3 is 14.6 Å². The molecule has 3 rings (SSSR count). The molecular formula is C13H13ClF3N3O2. The molecule has 0 amide bonds. The van der Waals surface area contributed by atoms with Crippen molar-refractivity contribution in [3.63, 3.8) is 0 Å². The van der Waals surface area contributed by atoms with Crippen LogP contribution < -0.4 is 10.1 Å². The average molecular weight is 336 g/mol. The molecule has 0 spiro atoms. The van der Waals surface area contributed by atoms with Gasteiger partial charge in [0, 0.05) is 12.1 Å². The van der Waals surface area contributed by atoms with Crippen molar-refractivity contribution in [2.45, 2.75) is 18.7 Å². The van der Waals surface area contributed by atoms with Crippen molar-refractivity contribution in [2.75, 3.05) is 13.1 Å². The molecule has 0 bridgehead atoms. The van der Waals surface area contributed by atoms with Gasteiger partial charge in [-0.05, 0) is 25.1 Å². The van der Waals surface area contributed by atoms with Gasteiger partial charge >= 0.3 is 12.1 Å². The van der Waals surface area contributed by atoms with Crippen LogP contribution in [0.3, 0.4) is 0 Å². The highest BCUT2D eigenvalue weighted by Crippen LogP contribution is 2.30. The molecule has 22 heavy (non-hydrogen) atoms. The number of ether oxygens (including phenoxy) is 1. The summed E-state index contributed by atoms with van der Waals surface area (Å²) in [6.45, 7) is 1.65. The fourth-order valence-corrected chi connectivity index (χ4v) is 2.09. The molecule has 1 aliphatic heterocycles. The van der Waals surface area contributed by atoms with Gasteiger partial charge in [-0.2, -0.15) is 18.2 Å². The molecule has 0 radical (unpaired) electrons. The van der Waals surface area contributed by atoms with Gasteiger partial charge in [0.05, 0.1) is 0 Å². The Morgan fingerprint density at radius 2 is 2.14 bits per heavy atom.